The first-order valence-electron chi connectivity index (χ1n) is 7.34. The summed E-state index contributed by atoms with van der Waals surface area (Å²) in [4.78, 5) is 16.2. The molecule has 5 heteroatoms. The largest absolute Gasteiger partial charge is 0.380 e. The predicted molar refractivity (Wildman–Crippen MR) is 82.9 cm³/mol. The summed E-state index contributed by atoms with van der Waals surface area (Å²) in [6.07, 6.45) is 0. The number of nitrogens with zero attached hydrogens (tertiary/aromatic N) is 2. The SMILES string of the molecule is COCc1cccc(CN2CCNCC2C(=O)N(C)C)c1. The Morgan fingerprint density at radius 1 is 1.43 bits per heavy atom. The third kappa shape index (κ3) is 4.27. The maximum Gasteiger partial charge on any atom is 0.240 e. The van der Waals surface area contributed by atoms with Gasteiger partial charge >= 0.3 is 0 Å². The minimum atomic E-state index is -0.0835. The first-order chi connectivity index (χ1) is 10.1. The van der Waals surface area contributed by atoms with Gasteiger partial charge in [0, 0.05) is 47.4 Å². The molecule has 1 aliphatic rings. The summed E-state index contributed by atoms with van der Waals surface area (Å²) in [5, 5.41) is 3.31. The highest BCUT2D eigenvalue weighted by molar-refractivity contribution is 5.81. The lowest BCUT2D eigenvalue weighted by atomic mass is 10.1. The highest BCUT2D eigenvalue weighted by atomic mass is 16.5. The van der Waals surface area contributed by atoms with Gasteiger partial charge in [-0.2, -0.15) is 0 Å². The highest BCUT2D eigenvalue weighted by Gasteiger charge is 2.29. The molecule has 1 N–H and O–H groups in total. The normalized spacial score (nSPS) is 19.5. The number of hydrogen-bond donors (Lipinski definition) is 1. The van der Waals surface area contributed by atoms with E-state index in [4.69, 9.17) is 4.74 Å². The zero-order valence-corrected chi connectivity index (χ0v) is 13.1. The van der Waals surface area contributed by atoms with Crippen molar-refractivity contribution in [2.75, 3.05) is 40.8 Å². The van der Waals surface area contributed by atoms with Crippen LogP contribution in [0, 0.1) is 0 Å². The van der Waals surface area contributed by atoms with E-state index in [1.807, 2.05) is 14.1 Å². The minimum absolute atomic E-state index is 0.0835. The summed E-state index contributed by atoms with van der Waals surface area (Å²) < 4.78 is 5.18. The number of carbonyl (C=O) groups is 1. The molecular weight excluding hydrogens is 266 g/mol. The van der Waals surface area contributed by atoms with Crippen LogP contribution in [-0.2, 0) is 22.7 Å². The van der Waals surface area contributed by atoms with Crippen LogP contribution in [-0.4, -0.2) is 62.6 Å². The van der Waals surface area contributed by atoms with E-state index in [2.05, 4.69) is 34.5 Å². The Morgan fingerprint density at radius 3 is 2.90 bits per heavy atom. The predicted octanol–water partition coefficient (Wildman–Crippen LogP) is 0.695. The Hall–Kier alpha value is -1.43. The van der Waals surface area contributed by atoms with Crippen molar-refractivity contribution in [2.45, 2.75) is 19.2 Å². The van der Waals surface area contributed by atoms with Crippen molar-refractivity contribution in [3.63, 3.8) is 0 Å². The van der Waals surface area contributed by atoms with Gasteiger partial charge in [0.2, 0.25) is 5.91 Å². The number of piperazine rings is 1. The van der Waals surface area contributed by atoms with Gasteiger partial charge in [-0.1, -0.05) is 24.3 Å². The first kappa shape index (κ1) is 15.9. The molecule has 2 rings (SSSR count). The number of nitrogens with one attached hydrogen (secondary N) is 1. The molecule has 1 saturated heterocycles. The van der Waals surface area contributed by atoms with E-state index in [-0.39, 0.29) is 11.9 Å². The highest BCUT2D eigenvalue weighted by Crippen LogP contribution is 2.14. The van der Waals surface area contributed by atoms with Crippen LogP contribution in [0.15, 0.2) is 24.3 Å². The molecule has 0 saturated carbocycles. The molecule has 0 spiro atoms. The Bertz CT molecular complexity index is 476. The van der Waals surface area contributed by atoms with E-state index in [0.717, 1.165) is 26.2 Å². The number of methoxy groups -OCH3 is 1. The first-order valence-corrected chi connectivity index (χ1v) is 7.34. The smallest absolute Gasteiger partial charge is 0.240 e. The molecule has 1 amide bonds. The molecule has 21 heavy (non-hydrogen) atoms. The lowest BCUT2D eigenvalue weighted by Gasteiger charge is -2.36. The van der Waals surface area contributed by atoms with Crippen molar-refractivity contribution in [1.29, 1.82) is 0 Å². The zero-order valence-electron chi connectivity index (χ0n) is 13.1. The van der Waals surface area contributed by atoms with Gasteiger partial charge in [-0.15, -0.1) is 0 Å². The fraction of sp³-hybridized carbons (Fsp3) is 0.562. The minimum Gasteiger partial charge on any atom is -0.380 e. The van der Waals surface area contributed by atoms with Gasteiger partial charge in [0.1, 0.15) is 6.04 Å². The molecular formula is C16H25N3O2. The topological polar surface area (TPSA) is 44.8 Å². The van der Waals surface area contributed by atoms with Crippen molar-refractivity contribution in [2.24, 2.45) is 0 Å². The maximum atomic E-state index is 12.3. The summed E-state index contributed by atoms with van der Waals surface area (Å²) in [6.45, 7) is 3.95. The standard InChI is InChI=1S/C16H25N3O2/c1-18(2)16(20)15-10-17-7-8-19(15)11-13-5-4-6-14(9-13)12-21-3/h4-6,9,15,17H,7-8,10-12H2,1-3H3. The van der Waals surface area contributed by atoms with Gasteiger partial charge in [0.25, 0.3) is 0 Å². The van der Waals surface area contributed by atoms with Gasteiger partial charge in [-0.25, -0.2) is 0 Å². The Labute approximate surface area is 126 Å². The van der Waals surface area contributed by atoms with Gasteiger partial charge in [0.05, 0.1) is 6.61 Å². The van der Waals surface area contributed by atoms with Crippen molar-refractivity contribution in [3.8, 4) is 0 Å². The van der Waals surface area contributed by atoms with Crippen molar-refractivity contribution < 1.29 is 9.53 Å². The van der Waals surface area contributed by atoms with Gasteiger partial charge in [0.15, 0.2) is 0 Å². The lowest BCUT2D eigenvalue weighted by Crippen LogP contribution is -2.57. The van der Waals surface area contributed by atoms with Crippen LogP contribution in [0.5, 0.6) is 0 Å². The summed E-state index contributed by atoms with van der Waals surface area (Å²) >= 11 is 0. The maximum absolute atomic E-state index is 12.3. The molecule has 1 heterocycles. The van der Waals surface area contributed by atoms with E-state index in [9.17, 15) is 4.79 Å². The third-order valence-electron chi connectivity index (χ3n) is 3.77. The van der Waals surface area contributed by atoms with Crippen LogP contribution in [0.25, 0.3) is 0 Å². The number of rotatable bonds is 5. The second-order valence-electron chi connectivity index (χ2n) is 5.68. The summed E-state index contributed by atoms with van der Waals surface area (Å²) in [5.74, 6) is 0.162. The number of benzene rings is 1. The van der Waals surface area contributed by atoms with Crippen LogP contribution in [0.3, 0.4) is 0 Å². The van der Waals surface area contributed by atoms with Crippen molar-refractivity contribution >= 4 is 5.91 Å². The molecule has 1 aliphatic heterocycles. The molecule has 116 valence electrons. The summed E-state index contributed by atoms with van der Waals surface area (Å²) in [6, 6.07) is 8.29. The average Bonchev–Trinajstić information content (AvgIpc) is 2.48. The van der Waals surface area contributed by atoms with Crippen LogP contribution < -0.4 is 5.32 Å². The van der Waals surface area contributed by atoms with Crippen LogP contribution in [0.1, 0.15) is 11.1 Å². The molecule has 1 aromatic carbocycles. The number of likely N-dealkylation sites (N-methyl/N-ethyl adjacent to an activating group) is 1. The lowest BCUT2D eigenvalue weighted by molar-refractivity contribution is -0.135. The molecule has 1 atom stereocenters. The van der Waals surface area contributed by atoms with Crippen molar-refractivity contribution in [1.82, 2.24) is 15.1 Å². The second kappa shape index (κ2) is 7.54. The van der Waals surface area contributed by atoms with E-state index in [0.29, 0.717) is 6.61 Å². The summed E-state index contributed by atoms with van der Waals surface area (Å²) in [5.41, 5.74) is 2.39. The fourth-order valence-electron chi connectivity index (χ4n) is 2.70. The average molecular weight is 291 g/mol. The third-order valence-corrected chi connectivity index (χ3v) is 3.77. The zero-order chi connectivity index (χ0) is 15.2. The number of carbonyl (C=O) groups excluding carboxylic acids is 1. The quantitative estimate of drug-likeness (QED) is 0.867. The van der Waals surface area contributed by atoms with E-state index >= 15 is 0 Å². The fourth-order valence-corrected chi connectivity index (χ4v) is 2.70. The molecule has 1 aromatic rings. The Morgan fingerprint density at radius 2 is 2.19 bits per heavy atom. The van der Waals surface area contributed by atoms with Crippen LogP contribution >= 0.6 is 0 Å². The van der Waals surface area contributed by atoms with Crippen molar-refractivity contribution in [3.05, 3.63) is 35.4 Å². The van der Waals surface area contributed by atoms with Crippen LogP contribution in [0.2, 0.25) is 0 Å². The Balaban J connectivity index is 2.08. The number of ether oxygens (including phenoxy) is 1. The number of amides is 1. The molecule has 0 aromatic heterocycles. The molecule has 1 fully saturated rings. The summed E-state index contributed by atoms with van der Waals surface area (Å²) in [7, 11) is 5.33. The van der Waals surface area contributed by atoms with Crippen LogP contribution in [0.4, 0.5) is 0 Å². The van der Waals surface area contributed by atoms with E-state index in [1.54, 1.807) is 12.0 Å². The van der Waals surface area contributed by atoms with E-state index < -0.39 is 0 Å². The van der Waals surface area contributed by atoms with Gasteiger partial charge in [-0.05, 0) is 11.1 Å². The molecule has 5 nitrogen and oxygen atoms in total. The molecule has 0 aliphatic carbocycles. The monoisotopic (exact) mass is 291 g/mol. The van der Waals surface area contributed by atoms with Gasteiger partial charge < -0.3 is 15.0 Å². The van der Waals surface area contributed by atoms with E-state index in [1.165, 1.54) is 11.1 Å². The molecule has 0 bridgehead atoms. The number of hydrogen-bond acceptors (Lipinski definition) is 4. The van der Waals surface area contributed by atoms with Gasteiger partial charge in [-0.3, -0.25) is 9.69 Å². The Kier molecular flexibility index (Phi) is 5.73. The second-order valence-corrected chi connectivity index (χ2v) is 5.68. The molecule has 1 unspecified atom stereocenters. The molecule has 0 radical (unpaired) electrons.